The molecule has 2 bridgehead atoms. The van der Waals surface area contributed by atoms with Gasteiger partial charge in [-0.3, -0.25) is 4.79 Å². The number of halogens is 2. The van der Waals surface area contributed by atoms with E-state index in [1.54, 1.807) is 18.2 Å². The van der Waals surface area contributed by atoms with E-state index in [0.29, 0.717) is 21.5 Å². The second kappa shape index (κ2) is 5.98. The smallest absolute Gasteiger partial charge is 0.267 e. The van der Waals surface area contributed by atoms with Crippen LogP contribution in [0.5, 0.6) is 0 Å². The first-order valence-electron chi connectivity index (χ1n) is 7.34. The maximum absolute atomic E-state index is 12.1. The van der Waals surface area contributed by atoms with Crippen LogP contribution in [0.1, 0.15) is 43.0 Å². The number of rotatable bonds is 3. The first-order valence-corrected chi connectivity index (χ1v) is 8.09. The molecule has 0 heterocycles. The summed E-state index contributed by atoms with van der Waals surface area (Å²) < 4.78 is 0. The molecule has 5 heteroatoms. The van der Waals surface area contributed by atoms with E-state index in [1.165, 1.54) is 25.7 Å². The van der Waals surface area contributed by atoms with Crippen molar-refractivity contribution < 1.29 is 4.79 Å². The van der Waals surface area contributed by atoms with Crippen molar-refractivity contribution in [1.82, 2.24) is 5.43 Å². The number of hydrogen-bond donors (Lipinski definition) is 1. The monoisotopic (exact) mass is 324 g/mol. The van der Waals surface area contributed by atoms with E-state index in [0.717, 1.165) is 17.5 Å². The minimum absolute atomic E-state index is 0.254. The van der Waals surface area contributed by atoms with Gasteiger partial charge in [-0.15, -0.1) is 0 Å². The van der Waals surface area contributed by atoms with Crippen LogP contribution in [-0.2, 0) is 0 Å². The van der Waals surface area contributed by atoms with E-state index in [2.05, 4.69) is 10.5 Å². The number of amides is 1. The molecule has 0 saturated heterocycles. The van der Waals surface area contributed by atoms with Gasteiger partial charge >= 0.3 is 0 Å². The molecule has 2 saturated carbocycles. The molecule has 21 heavy (non-hydrogen) atoms. The predicted octanol–water partition coefficient (Wildman–Crippen LogP) is 4.54. The fourth-order valence-corrected chi connectivity index (χ4v) is 3.98. The first kappa shape index (κ1) is 14.9. The topological polar surface area (TPSA) is 41.5 Å². The molecule has 1 N–H and O–H groups in total. The SMILES string of the molecule is CC(=NNC(=O)c1ccc(Cl)c(Cl)c1)C1CC2CCC1C2. The number of benzene rings is 1. The van der Waals surface area contributed by atoms with E-state index in [9.17, 15) is 4.79 Å². The molecule has 112 valence electrons. The normalized spacial score (nSPS) is 28.0. The number of hydrazone groups is 1. The minimum atomic E-state index is -0.254. The Morgan fingerprint density at radius 3 is 2.67 bits per heavy atom. The van der Waals surface area contributed by atoms with Crippen molar-refractivity contribution in [2.45, 2.75) is 32.6 Å². The third kappa shape index (κ3) is 3.09. The van der Waals surface area contributed by atoms with Crippen LogP contribution >= 0.6 is 23.2 Å². The molecule has 0 spiro atoms. The Hall–Kier alpha value is -1.06. The molecular formula is C16H18Cl2N2O. The van der Waals surface area contributed by atoms with Crippen molar-refractivity contribution in [3.05, 3.63) is 33.8 Å². The Morgan fingerprint density at radius 1 is 1.24 bits per heavy atom. The Balaban J connectivity index is 1.64. The Labute approximate surface area is 134 Å². The molecule has 1 amide bonds. The second-order valence-electron chi connectivity index (χ2n) is 6.10. The highest BCUT2D eigenvalue weighted by molar-refractivity contribution is 6.42. The number of nitrogens with zero attached hydrogens (tertiary/aromatic N) is 1. The molecular weight excluding hydrogens is 307 g/mol. The standard InChI is InChI=1S/C16H18Cl2N2O/c1-9(13-7-10-2-3-11(13)6-10)19-20-16(21)12-4-5-14(17)15(18)8-12/h4-5,8,10-11,13H,2-3,6-7H2,1H3,(H,20,21). The lowest BCUT2D eigenvalue weighted by atomic mass is 9.86. The van der Waals surface area contributed by atoms with Gasteiger partial charge in [0, 0.05) is 17.2 Å². The number of hydrogen-bond acceptors (Lipinski definition) is 2. The van der Waals surface area contributed by atoms with Crippen molar-refractivity contribution in [2.75, 3.05) is 0 Å². The first-order chi connectivity index (χ1) is 10.0. The highest BCUT2D eigenvalue weighted by Crippen LogP contribution is 2.48. The maximum atomic E-state index is 12.1. The zero-order chi connectivity index (χ0) is 15.0. The van der Waals surface area contributed by atoms with Crippen molar-refractivity contribution in [3.63, 3.8) is 0 Å². The zero-order valence-electron chi connectivity index (χ0n) is 11.9. The fourth-order valence-electron chi connectivity index (χ4n) is 3.68. The Bertz CT molecular complexity index is 600. The predicted molar refractivity (Wildman–Crippen MR) is 86.0 cm³/mol. The van der Waals surface area contributed by atoms with Gasteiger partial charge < -0.3 is 0 Å². The number of nitrogens with one attached hydrogen (secondary N) is 1. The van der Waals surface area contributed by atoms with E-state index in [1.807, 2.05) is 6.92 Å². The average Bonchev–Trinajstić information content (AvgIpc) is 3.10. The van der Waals surface area contributed by atoms with Crippen LogP contribution in [0.15, 0.2) is 23.3 Å². The van der Waals surface area contributed by atoms with Gasteiger partial charge in [0.05, 0.1) is 10.0 Å². The highest BCUT2D eigenvalue weighted by atomic mass is 35.5. The van der Waals surface area contributed by atoms with Crippen LogP contribution in [0.2, 0.25) is 10.0 Å². The Morgan fingerprint density at radius 2 is 2.05 bits per heavy atom. The fraction of sp³-hybridized carbons (Fsp3) is 0.500. The van der Waals surface area contributed by atoms with Gasteiger partial charge in [-0.05, 0) is 56.2 Å². The van der Waals surface area contributed by atoms with E-state index < -0.39 is 0 Å². The van der Waals surface area contributed by atoms with E-state index in [-0.39, 0.29) is 5.91 Å². The molecule has 0 aliphatic heterocycles. The molecule has 1 aromatic rings. The summed E-state index contributed by atoms with van der Waals surface area (Å²) in [6.07, 6.45) is 5.23. The van der Waals surface area contributed by atoms with Crippen molar-refractivity contribution in [1.29, 1.82) is 0 Å². The summed E-state index contributed by atoms with van der Waals surface area (Å²) in [7, 11) is 0. The summed E-state index contributed by atoms with van der Waals surface area (Å²) in [4.78, 5) is 12.1. The third-order valence-electron chi connectivity index (χ3n) is 4.79. The van der Waals surface area contributed by atoms with Gasteiger partial charge in [0.15, 0.2) is 0 Å². The summed E-state index contributed by atoms with van der Waals surface area (Å²) in [5, 5.41) is 5.11. The molecule has 3 nitrogen and oxygen atoms in total. The van der Waals surface area contributed by atoms with Crippen LogP contribution in [-0.4, -0.2) is 11.6 Å². The van der Waals surface area contributed by atoms with Crippen LogP contribution in [0, 0.1) is 17.8 Å². The molecule has 3 atom stereocenters. The summed E-state index contributed by atoms with van der Waals surface area (Å²) in [6.45, 7) is 2.01. The summed E-state index contributed by atoms with van der Waals surface area (Å²) in [5.74, 6) is 1.92. The zero-order valence-corrected chi connectivity index (χ0v) is 13.4. The minimum Gasteiger partial charge on any atom is -0.267 e. The van der Waals surface area contributed by atoms with Crippen LogP contribution < -0.4 is 5.43 Å². The molecule has 1 aromatic carbocycles. The van der Waals surface area contributed by atoms with E-state index in [4.69, 9.17) is 23.2 Å². The van der Waals surface area contributed by atoms with Gasteiger partial charge in [-0.25, -0.2) is 5.43 Å². The molecule has 2 aliphatic rings. The lowest BCUT2D eigenvalue weighted by molar-refractivity contribution is 0.0954. The Kier molecular flexibility index (Phi) is 4.23. The lowest BCUT2D eigenvalue weighted by Crippen LogP contribution is -2.24. The summed E-state index contributed by atoms with van der Waals surface area (Å²) in [6, 6.07) is 4.82. The third-order valence-corrected chi connectivity index (χ3v) is 5.53. The van der Waals surface area contributed by atoms with Crippen molar-refractivity contribution in [3.8, 4) is 0 Å². The number of carbonyl (C=O) groups excluding carboxylic acids is 1. The molecule has 0 radical (unpaired) electrons. The summed E-state index contributed by atoms with van der Waals surface area (Å²) >= 11 is 11.8. The quantitative estimate of drug-likeness (QED) is 0.643. The molecule has 2 fully saturated rings. The van der Waals surface area contributed by atoms with Gasteiger partial charge in [0.1, 0.15) is 0 Å². The molecule has 0 aromatic heterocycles. The lowest BCUT2D eigenvalue weighted by Gasteiger charge is -2.21. The number of fused-ring (bicyclic) bond motifs is 2. The highest BCUT2D eigenvalue weighted by Gasteiger charge is 2.40. The van der Waals surface area contributed by atoms with Crippen LogP contribution in [0.3, 0.4) is 0 Å². The van der Waals surface area contributed by atoms with Crippen LogP contribution in [0.25, 0.3) is 0 Å². The van der Waals surface area contributed by atoms with Gasteiger partial charge in [0.2, 0.25) is 0 Å². The second-order valence-corrected chi connectivity index (χ2v) is 6.92. The summed E-state index contributed by atoms with van der Waals surface area (Å²) in [5.41, 5.74) is 4.13. The van der Waals surface area contributed by atoms with Crippen LogP contribution in [0.4, 0.5) is 0 Å². The molecule has 2 aliphatic carbocycles. The van der Waals surface area contributed by atoms with Crippen molar-refractivity contribution in [2.24, 2.45) is 22.9 Å². The van der Waals surface area contributed by atoms with Crippen molar-refractivity contribution >= 4 is 34.8 Å². The maximum Gasteiger partial charge on any atom is 0.271 e. The average molecular weight is 325 g/mol. The largest absolute Gasteiger partial charge is 0.271 e. The molecule has 3 unspecified atom stereocenters. The van der Waals surface area contributed by atoms with E-state index >= 15 is 0 Å². The number of carbonyl (C=O) groups is 1. The van der Waals surface area contributed by atoms with Gasteiger partial charge in [-0.2, -0.15) is 5.10 Å². The molecule has 3 rings (SSSR count). The van der Waals surface area contributed by atoms with Gasteiger partial charge in [0.25, 0.3) is 5.91 Å². The van der Waals surface area contributed by atoms with Gasteiger partial charge in [-0.1, -0.05) is 29.6 Å².